The van der Waals surface area contributed by atoms with Gasteiger partial charge in [-0.3, -0.25) is 14.5 Å². The van der Waals surface area contributed by atoms with E-state index in [4.69, 9.17) is 9.47 Å². The monoisotopic (exact) mass is 367 g/mol. The van der Waals surface area contributed by atoms with Gasteiger partial charge in [0, 0.05) is 6.04 Å². The fourth-order valence-corrected chi connectivity index (χ4v) is 4.83. The van der Waals surface area contributed by atoms with Crippen molar-refractivity contribution in [3.63, 3.8) is 0 Å². The van der Waals surface area contributed by atoms with Crippen LogP contribution in [0.2, 0.25) is 0 Å². The minimum atomic E-state index is -0.635. The molecular weight excluding hydrogens is 330 g/mol. The van der Waals surface area contributed by atoms with Gasteiger partial charge in [-0.15, -0.1) is 0 Å². The lowest BCUT2D eigenvalue weighted by Crippen LogP contribution is -2.63. The molecule has 0 saturated carbocycles. The van der Waals surface area contributed by atoms with Crippen LogP contribution in [0.4, 0.5) is 0 Å². The molecule has 26 heavy (non-hydrogen) atoms. The molecule has 2 fully saturated rings. The first-order valence-electron chi connectivity index (χ1n) is 10.4. The van der Waals surface area contributed by atoms with Gasteiger partial charge in [-0.1, -0.05) is 19.8 Å². The molecule has 0 amide bonds. The second kappa shape index (κ2) is 8.73. The Kier molecular flexibility index (Phi) is 7.12. The van der Waals surface area contributed by atoms with E-state index in [1.807, 2.05) is 27.7 Å². The van der Waals surface area contributed by atoms with Gasteiger partial charge < -0.3 is 9.47 Å². The van der Waals surface area contributed by atoms with Gasteiger partial charge in [-0.25, -0.2) is 0 Å². The maximum absolute atomic E-state index is 13.1. The molecule has 0 aromatic heterocycles. The largest absolute Gasteiger partial charge is 0.465 e. The topological polar surface area (TPSA) is 55.8 Å². The van der Waals surface area contributed by atoms with Gasteiger partial charge in [0.25, 0.3) is 0 Å². The average Bonchev–Trinajstić information content (AvgIpc) is 2.99. The summed E-state index contributed by atoms with van der Waals surface area (Å²) in [4.78, 5) is 28.0. The molecule has 0 aliphatic carbocycles. The number of rotatable bonds is 7. The fraction of sp³-hybridized carbons (Fsp3) is 0.905. The number of esters is 2. The molecule has 2 rings (SSSR count). The predicted molar refractivity (Wildman–Crippen MR) is 102 cm³/mol. The zero-order valence-electron chi connectivity index (χ0n) is 17.3. The fourth-order valence-electron chi connectivity index (χ4n) is 4.83. The quantitative estimate of drug-likeness (QED) is 0.635. The Bertz CT molecular complexity index is 499. The number of carbonyl (C=O) groups is 2. The number of fused-ring (bicyclic) bond motifs is 1. The van der Waals surface area contributed by atoms with Crippen LogP contribution in [0.15, 0.2) is 0 Å². The van der Waals surface area contributed by atoms with Crippen molar-refractivity contribution in [3.05, 3.63) is 0 Å². The van der Waals surface area contributed by atoms with Crippen LogP contribution < -0.4 is 0 Å². The summed E-state index contributed by atoms with van der Waals surface area (Å²) in [6.07, 6.45) is 7.49. The van der Waals surface area contributed by atoms with Crippen molar-refractivity contribution in [3.8, 4) is 0 Å². The Morgan fingerprint density at radius 1 is 1.19 bits per heavy atom. The van der Waals surface area contributed by atoms with Crippen LogP contribution in [0.25, 0.3) is 0 Å². The van der Waals surface area contributed by atoms with Crippen LogP contribution in [0.3, 0.4) is 0 Å². The van der Waals surface area contributed by atoms with E-state index in [1.165, 1.54) is 6.42 Å². The molecule has 0 bridgehead atoms. The van der Waals surface area contributed by atoms with Crippen molar-refractivity contribution in [2.24, 2.45) is 5.92 Å². The molecule has 2 saturated heterocycles. The van der Waals surface area contributed by atoms with E-state index < -0.39 is 11.1 Å². The van der Waals surface area contributed by atoms with Crippen LogP contribution in [0, 0.1) is 5.92 Å². The Balaban J connectivity index is 2.23. The zero-order chi connectivity index (χ0) is 19.4. The van der Waals surface area contributed by atoms with Crippen molar-refractivity contribution in [1.29, 1.82) is 0 Å². The summed E-state index contributed by atoms with van der Waals surface area (Å²) in [6.45, 7) is 11.0. The molecule has 0 N–H and O–H groups in total. The second-order valence-corrected chi connectivity index (χ2v) is 8.80. The van der Waals surface area contributed by atoms with Crippen LogP contribution in [-0.4, -0.2) is 47.2 Å². The van der Waals surface area contributed by atoms with Crippen LogP contribution in [0.1, 0.15) is 86.0 Å². The second-order valence-electron chi connectivity index (χ2n) is 8.80. The Morgan fingerprint density at radius 2 is 1.92 bits per heavy atom. The highest BCUT2D eigenvalue weighted by molar-refractivity contribution is 5.83. The van der Waals surface area contributed by atoms with E-state index in [9.17, 15) is 9.59 Å². The Morgan fingerprint density at radius 3 is 2.54 bits per heavy atom. The normalized spacial score (nSPS) is 29.3. The summed E-state index contributed by atoms with van der Waals surface area (Å²) in [7, 11) is 0. The van der Waals surface area contributed by atoms with Crippen LogP contribution >= 0.6 is 0 Å². The number of hydrogen-bond acceptors (Lipinski definition) is 5. The molecule has 0 aromatic carbocycles. The Labute approximate surface area is 158 Å². The number of nitrogens with zero attached hydrogens (tertiary/aromatic N) is 1. The van der Waals surface area contributed by atoms with Gasteiger partial charge in [0.2, 0.25) is 0 Å². The molecule has 0 spiro atoms. The molecule has 3 atom stereocenters. The van der Waals surface area contributed by atoms with E-state index in [1.54, 1.807) is 0 Å². The van der Waals surface area contributed by atoms with Gasteiger partial charge in [-0.05, 0) is 72.3 Å². The summed E-state index contributed by atoms with van der Waals surface area (Å²) in [5.41, 5.74) is -1.13. The SMILES string of the molecule is CCCC[C@@H]1CC[C@H](CC(=O)OC(C)(C)C)[C@]2(C(=O)OCC)CCCN12. The summed E-state index contributed by atoms with van der Waals surface area (Å²) in [6, 6.07) is 0.428. The number of hydrogen-bond donors (Lipinski definition) is 0. The van der Waals surface area contributed by atoms with Crippen molar-refractivity contribution in [2.75, 3.05) is 13.2 Å². The third-order valence-corrected chi connectivity index (χ3v) is 5.79. The van der Waals surface area contributed by atoms with Crippen LogP contribution in [-0.2, 0) is 19.1 Å². The summed E-state index contributed by atoms with van der Waals surface area (Å²) in [5, 5.41) is 0. The van der Waals surface area contributed by atoms with E-state index in [0.717, 1.165) is 45.1 Å². The lowest BCUT2D eigenvalue weighted by Gasteiger charge is -2.50. The molecule has 0 unspecified atom stereocenters. The van der Waals surface area contributed by atoms with Gasteiger partial charge in [-0.2, -0.15) is 0 Å². The number of unbranched alkanes of at least 4 members (excludes halogenated alkanes) is 1. The first-order valence-corrected chi connectivity index (χ1v) is 10.4. The lowest BCUT2D eigenvalue weighted by atomic mass is 9.71. The van der Waals surface area contributed by atoms with E-state index in [-0.39, 0.29) is 17.9 Å². The van der Waals surface area contributed by atoms with Crippen molar-refractivity contribution >= 4 is 11.9 Å². The molecule has 2 aliphatic rings. The smallest absolute Gasteiger partial charge is 0.326 e. The molecule has 0 radical (unpaired) electrons. The highest BCUT2D eigenvalue weighted by Gasteiger charge is 2.58. The molecule has 150 valence electrons. The molecule has 5 nitrogen and oxygen atoms in total. The average molecular weight is 368 g/mol. The summed E-state index contributed by atoms with van der Waals surface area (Å²) >= 11 is 0. The third-order valence-electron chi connectivity index (χ3n) is 5.79. The van der Waals surface area contributed by atoms with E-state index >= 15 is 0 Å². The van der Waals surface area contributed by atoms with Crippen molar-refractivity contribution < 1.29 is 19.1 Å². The van der Waals surface area contributed by atoms with E-state index in [2.05, 4.69) is 11.8 Å². The van der Waals surface area contributed by atoms with Crippen LogP contribution in [0.5, 0.6) is 0 Å². The standard InChI is InChI=1S/C21H37NO4/c1-6-8-10-17-12-11-16(15-18(23)26-20(3,4)5)21(19(24)25-7-2)13-9-14-22(17)21/h16-17H,6-15H2,1-5H3/t16-,17-,21+/m1/s1. The first kappa shape index (κ1) is 21.2. The van der Waals surface area contributed by atoms with Gasteiger partial charge in [0.1, 0.15) is 11.1 Å². The van der Waals surface area contributed by atoms with Crippen molar-refractivity contribution in [2.45, 2.75) is 103 Å². The van der Waals surface area contributed by atoms with E-state index in [0.29, 0.717) is 19.1 Å². The van der Waals surface area contributed by atoms with Crippen molar-refractivity contribution in [1.82, 2.24) is 4.90 Å². The molecular formula is C21H37NO4. The van der Waals surface area contributed by atoms with Gasteiger partial charge >= 0.3 is 11.9 Å². The minimum Gasteiger partial charge on any atom is -0.465 e. The predicted octanol–water partition coefficient (Wildman–Crippen LogP) is 4.08. The number of ether oxygens (including phenoxy) is 2. The third kappa shape index (κ3) is 4.59. The molecule has 2 heterocycles. The van der Waals surface area contributed by atoms with Gasteiger partial charge in [0.05, 0.1) is 13.0 Å². The summed E-state index contributed by atoms with van der Waals surface area (Å²) < 4.78 is 11.1. The molecule has 2 aliphatic heterocycles. The van der Waals surface area contributed by atoms with Gasteiger partial charge in [0.15, 0.2) is 0 Å². The lowest BCUT2D eigenvalue weighted by molar-refractivity contribution is -0.170. The first-order chi connectivity index (χ1) is 12.2. The molecule has 5 heteroatoms. The minimum absolute atomic E-state index is 0.0169. The maximum atomic E-state index is 13.1. The number of piperidine rings is 1. The highest BCUT2D eigenvalue weighted by Crippen LogP contribution is 2.47. The molecule has 0 aromatic rings. The summed E-state index contributed by atoms with van der Waals surface area (Å²) in [5.74, 6) is -0.353. The maximum Gasteiger partial charge on any atom is 0.326 e. The highest BCUT2D eigenvalue weighted by atomic mass is 16.6. The Hall–Kier alpha value is -1.10. The number of carbonyl (C=O) groups excluding carboxylic acids is 2. The zero-order valence-corrected chi connectivity index (χ0v) is 17.3.